The number of likely N-dealkylation sites (tertiary alicyclic amines) is 1. The molecule has 1 spiro atoms. The van der Waals surface area contributed by atoms with Crippen molar-refractivity contribution in [2.24, 2.45) is 0 Å². The summed E-state index contributed by atoms with van der Waals surface area (Å²) in [7, 11) is 0. The third-order valence-electron chi connectivity index (χ3n) is 5.29. The average Bonchev–Trinajstić information content (AvgIpc) is 3.14. The van der Waals surface area contributed by atoms with Gasteiger partial charge in [0.05, 0.1) is 12.2 Å². The molecule has 0 bridgehead atoms. The first-order chi connectivity index (χ1) is 12.8. The second-order valence-corrected chi connectivity index (χ2v) is 7.17. The van der Waals surface area contributed by atoms with Gasteiger partial charge < -0.3 is 25.0 Å². The van der Waals surface area contributed by atoms with Gasteiger partial charge in [0.15, 0.2) is 0 Å². The smallest absolute Gasteiger partial charge is 0.290 e. The monoisotopic (exact) mass is 384 g/mol. The molecule has 2 fully saturated rings. The fourth-order valence-electron chi connectivity index (χ4n) is 3.69. The molecule has 0 aromatic carbocycles. The van der Waals surface area contributed by atoms with E-state index in [0.29, 0.717) is 51.9 Å². The summed E-state index contributed by atoms with van der Waals surface area (Å²) in [5.74, 6) is 0.113. The Morgan fingerprint density at radius 3 is 2.63 bits per heavy atom. The normalized spacial score (nSPS) is 26.9. The zero-order valence-electron chi connectivity index (χ0n) is 15.5. The molecule has 3 heterocycles. The Labute approximate surface area is 157 Å². The number of piperidine rings is 1. The number of hydrogen-bond donors (Lipinski definition) is 3. The van der Waals surface area contributed by atoms with Crippen LogP contribution in [-0.2, 0) is 20.9 Å². The zero-order valence-corrected chi connectivity index (χ0v) is 15.5. The molecule has 2 aliphatic rings. The van der Waals surface area contributed by atoms with Gasteiger partial charge >= 0.3 is 0 Å². The number of aromatic nitrogens is 3. The summed E-state index contributed by atoms with van der Waals surface area (Å²) in [6.07, 6.45) is 4.94. The van der Waals surface area contributed by atoms with Crippen molar-refractivity contribution in [2.75, 3.05) is 19.7 Å². The molecular formula is C17H28N4O6. The maximum Gasteiger partial charge on any atom is 0.290 e. The summed E-state index contributed by atoms with van der Waals surface area (Å²) in [5.41, 5.74) is -1.85. The van der Waals surface area contributed by atoms with Crippen molar-refractivity contribution >= 4 is 12.4 Å². The number of carbonyl (C=O) groups excluding carboxylic acids is 1. The van der Waals surface area contributed by atoms with Crippen molar-refractivity contribution in [1.82, 2.24) is 19.7 Å². The van der Waals surface area contributed by atoms with Gasteiger partial charge in [-0.15, -0.1) is 0 Å². The second kappa shape index (κ2) is 9.25. The first-order valence-corrected chi connectivity index (χ1v) is 9.07. The number of aliphatic hydroxyl groups excluding tert-OH is 1. The lowest BCUT2D eigenvalue weighted by Crippen LogP contribution is -2.64. The highest BCUT2D eigenvalue weighted by Gasteiger charge is 2.52. The SMILES string of the molecule is C[C@@]1(O)CCOC2(CCN(C(=O)CCCn3cncn3)CC2)[C@H]1O.O=CO. The van der Waals surface area contributed by atoms with E-state index >= 15 is 0 Å². The predicted octanol–water partition coefficient (Wildman–Crippen LogP) is -0.347. The van der Waals surface area contributed by atoms with Crippen molar-refractivity contribution in [3.63, 3.8) is 0 Å². The lowest BCUT2D eigenvalue weighted by molar-refractivity contribution is -0.245. The van der Waals surface area contributed by atoms with Crippen LogP contribution in [-0.4, -0.2) is 84.4 Å². The Bertz CT molecular complexity index is 599. The zero-order chi connectivity index (χ0) is 19.9. The predicted molar refractivity (Wildman–Crippen MR) is 93.7 cm³/mol. The Balaban J connectivity index is 0.000000817. The first-order valence-electron chi connectivity index (χ1n) is 9.07. The summed E-state index contributed by atoms with van der Waals surface area (Å²) >= 11 is 0. The van der Waals surface area contributed by atoms with Gasteiger partial charge in [0.25, 0.3) is 6.47 Å². The average molecular weight is 384 g/mol. The van der Waals surface area contributed by atoms with E-state index in [4.69, 9.17) is 14.6 Å². The summed E-state index contributed by atoms with van der Waals surface area (Å²) in [5, 5.41) is 31.7. The van der Waals surface area contributed by atoms with Gasteiger partial charge in [0, 0.05) is 32.5 Å². The number of carboxylic acid groups (broad SMARTS) is 1. The highest BCUT2D eigenvalue weighted by atomic mass is 16.5. The Morgan fingerprint density at radius 2 is 2.04 bits per heavy atom. The van der Waals surface area contributed by atoms with E-state index in [0.717, 1.165) is 6.42 Å². The fourth-order valence-corrected chi connectivity index (χ4v) is 3.69. The highest BCUT2D eigenvalue weighted by molar-refractivity contribution is 5.76. The standard InChI is InChI=1S/C16H26N4O4.CH2O2/c1-15(23)6-10-24-16(14(15)22)4-8-19(9-5-16)13(21)3-2-7-20-12-17-11-18-20;2-1-3/h11-12,14,22-23H,2-10H2,1H3;1H,(H,2,3)/t14-,15+;/m0./s1. The molecule has 27 heavy (non-hydrogen) atoms. The topological polar surface area (TPSA) is 138 Å². The van der Waals surface area contributed by atoms with E-state index in [-0.39, 0.29) is 12.4 Å². The highest BCUT2D eigenvalue weighted by Crippen LogP contribution is 2.39. The summed E-state index contributed by atoms with van der Waals surface area (Å²) in [4.78, 5) is 26.4. The van der Waals surface area contributed by atoms with Gasteiger partial charge in [0.1, 0.15) is 24.4 Å². The number of ether oxygens (including phenoxy) is 1. The number of aliphatic hydroxyl groups is 2. The number of aryl methyl sites for hydroxylation is 1. The molecule has 2 saturated heterocycles. The maximum atomic E-state index is 12.3. The van der Waals surface area contributed by atoms with E-state index in [1.807, 2.05) is 4.90 Å². The van der Waals surface area contributed by atoms with Crippen molar-refractivity contribution < 1.29 is 29.6 Å². The van der Waals surface area contributed by atoms with E-state index in [1.54, 1.807) is 17.9 Å². The fraction of sp³-hybridized carbons (Fsp3) is 0.765. The molecule has 2 aliphatic heterocycles. The number of nitrogens with zero attached hydrogens (tertiary/aromatic N) is 4. The lowest BCUT2D eigenvalue weighted by atomic mass is 9.75. The molecule has 10 nitrogen and oxygen atoms in total. The van der Waals surface area contributed by atoms with Gasteiger partial charge in [-0.25, -0.2) is 4.98 Å². The maximum absolute atomic E-state index is 12.3. The van der Waals surface area contributed by atoms with Gasteiger partial charge in [-0.3, -0.25) is 14.3 Å². The van der Waals surface area contributed by atoms with Crippen LogP contribution >= 0.6 is 0 Å². The molecule has 1 aromatic heterocycles. The van der Waals surface area contributed by atoms with Gasteiger partial charge in [-0.1, -0.05) is 0 Å². The summed E-state index contributed by atoms with van der Waals surface area (Å²) in [6.45, 7) is 3.62. The molecule has 152 valence electrons. The minimum absolute atomic E-state index is 0.113. The van der Waals surface area contributed by atoms with Crippen LogP contribution in [0.5, 0.6) is 0 Å². The van der Waals surface area contributed by atoms with Crippen LogP contribution in [0.2, 0.25) is 0 Å². The van der Waals surface area contributed by atoms with Crippen LogP contribution in [0.15, 0.2) is 12.7 Å². The number of rotatable bonds is 4. The largest absolute Gasteiger partial charge is 0.483 e. The number of hydrogen-bond acceptors (Lipinski definition) is 7. The third kappa shape index (κ3) is 5.24. The number of amides is 1. The molecule has 3 rings (SSSR count). The third-order valence-corrected chi connectivity index (χ3v) is 5.29. The van der Waals surface area contributed by atoms with E-state index in [9.17, 15) is 15.0 Å². The van der Waals surface area contributed by atoms with Crippen LogP contribution in [0.1, 0.15) is 39.0 Å². The van der Waals surface area contributed by atoms with Crippen molar-refractivity contribution in [3.05, 3.63) is 12.7 Å². The minimum atomic E-state index is -1.12. The Kier molecular flexibility index (Phi) is 7.28. The van der Waals surface area contributed by atoms with Crippen LogP contribution in [0.4, 0.5) is 0 Å². The molecule has 1 aromatic rings. The molecule has 1 amide bonds. The van der Waals surface area contributed by atoms with Crippen molar-refractivity contribution in [1.29, 1.82) is 0 Å². The number of carbonyl (C=O) groups is 2. The van der Waals surface area contributed by atoms with Gasteiger partial charge in [-0.2, -0.15) is 5.10 Å². The molecule has 10 heteroatoms. The molecular weight excluding hydrogens is 356 g/mol. The Hall–Kier alpha value is -2.04. The van der Waals surface area contributed by atoms with Crippen molar-refractivity contribution in [2.45, 2.75) is 62.9 Å². The molecule has 0 aliphatic carbocycles. The first kappa shape index (κ1) is 21.3. The molecule has 0 unspecified atom stereocenters. The Morgan fingerprint density at radius 1 is 1.37 bits per heavy atom. The van der Waals surface area contributed by atoms with Crippen molar-refractivity contribution in [3.8, 4) is 0 Å². The van der Waals surface area contributed by atoms with Gasteiger partial charge in [0.2, 0.25) is 5.91 Å². The van der Waals surface area contributed by atoms with Crippen LogP contribution in [0.25, 0.3) is 0 Å². The lowest BCUT2D eigenvalue weighted by Gasteiger charge is -2.51. The quantitative estimate of drug-likeness (QED) is 0.599. The summed E-state index contributed by atoms with van der Waals surface area (Å²) in [6, 6.07) is 0. The van der Waals surface area contributed by atoms with Crippen LogP contribution in [0, 0.1) is 0 Å². The van der Waals surface area contributed by atoms with Gasteiger partial charge in [-0.05, 0) is 26.2 Å². The molecule has 3 N–H and O–H groups in total. The second-order valence-electron chi connectivity index (χ2n) is 7.17. The molecule has 0 saturated carbocycles. The van der Waals surface area contributed by atoms with E-state index in [2.05, 4.69) is 10.1 Å². The molecule has 2 atom stereocenters. The minimum Gasteiger partial charge on any atom is -0.483 e. The summed E-state index contributed by atoms with van der Waals surface area (Å²) < 4.78 is 7.56. The van der Waals surface area contributed by atoms with Crippen LogP contribution in [0.3, 0.4) is 0 Å². The van der Waals surface area contributed by atoms with E-state index < -0.39 is 17.3 Å². The van der Waals surface area contributed by atoms with Crippen LogP contribution < -0.4 is 0 Å². The molecule has 0 radical (unpaired) electrons. The van der Waals surface area contributed by atoms with E-state index in [1.165, 1.54) is 6.33 Å².